The first-order chi connectivity index (χ1) is 14.0. The van der Waals surface area contributed by atoms with Gasteiger partial charge in [-0.15, -0.1) is 0 Å². The number of carbonyl (C=O) groups is 2. The van der Waals surface area contributed by atoms with E-state index >= 15 is 0 Å². The largest absolute Gasteiger partial charge is 0.491 e. The van der Waals surface area contributed by atoms with Crippen molar-refractivity contribution in [1.82, 2.24) is 9.80 Å². The van der Waals surface area contributed by atoms with Gasteiger partial charge in [-0.1, -0.05) is 49.4 Å². The summed E-state index contributed by atoms with van der Waals surface area (Å²) in [6.45, 7) is 4.34. The molecule has 1 aliphatic rings. The Morgan fingerprint density at radius 3 is 2.34 bits per heavy atom. The minimum absolute atomic E-state index is 0.00503. The van der Waals surface area contributed by atoms with Crippen molar-refractivity contribution in [2.45, 2.75) is 38.8 Å². The predicted octanol–water partition coefficient (Wildman–Crippen LogP) is 3.55. The SMILES string of the molecule is CC[C@H](C)N1CCC(=O)N(C[C@@H](O)COc2ccc(-c3ccccc3)cc2)C1=O. The van der Waals surface area contributed by atoms with Crippen molar-refractivity contribution in [3.8, 4) is 16.9 Å². The smallest absolute Gasteiger partial charge is 0.327 e. The van der Waals surface area contributed by atoms with Crippen LogP contribution >= 0.6 is 0 Å². The van der Waals surface area contributed by atoms with Crippen LogP contribution in [0.25, 0.3) is 11.1 Å². The third-order valence-electron chi connectivity index (χ3n) is 5.26. The Labute approximate surface area is 171 Å². The van der Waals surface area contributed by atoms with Gasteiger partial charge in [-0.2, -0.15) is 0 Å². The molecular weight excluding hydrogens is 368 g/mol. The fraction of sp³-hybridized carbons (Fsp3) is 0.391. The lowest BCUT2D eigenvalue weighted by Gasteiger charge is -2.38. The molecule has 29 heavy (non-hydrogen) atoms. The number of aliphatic hydroxyl groups excluding tert-OH is 1. The normalized spacial score (nSPS) is 16.7. The zero-order valence-corrected chi connectivity index (χ0v) is 17.0. The molecule has 6 heteroatoms. The van der Waals surface area contributed by atoms with Crippen LogP contribution in [-0.4, -0.2) is 58.7 Å². The molecule has 1 aliphatic heterocycles. The standard InChI is InChI=1S/C23H28N2O4/c1-3-17(2)24-14-13-22(27)25(23(24)28)15-20(26)16-29-21-11-9-19(10-12-21)18-7-5-4-6-8-18/h4-12,17,20,26H,3,13-16H2,1-2H3/t17-,20+/m0/s1. The number of hydrogen-bond acceptors (Lipinski definition) is 4. The Bertz CT molecular complexity index is 823. The maximum Gasteiger partial charge on any atom is 0.327 e. The molecule has 0 aromatic heterocycles. The molecule has 0 saturated carbocycles. The van der Waals surface area contributed by atoms with Crippen LogP contribution in [0, 0.1) is 0 Å². The molecule has 2 aromatic rings. The van der Waals surface area contributed by atoms with E-state index < -0.39 is 6.10 Å². The molecule has 0 unspecified atom stereocenters. The van der Waals surface area contributed by atoms with Crippen molar-refractivity contribution in [1.29, 1.82) is 0 Å². The number of carbonyl (C=O) groups excluding carboxylic acids is 2. The summed E-state index contributed by atoms with van der Waals surface area (Å²) in [4.78, 5) is 27.6. The number of ether oxygens (including phenoxy) is 1. The van der Waals surface area contributed by atoms with E-state index in [9.17, 15) is 14.7 Å². The molecule has 1 N–H and O–H groups in total. The van der Waals surface area contributed by atoms with E-state index in [2.05, 4.69) is 0 Å². The van der Waals surface area contributed by atoms with Gasteiger partial charge in [-0.05, 0) is 36.6 Å². The number of urea groups is 1. The van der Waals surface area contributed by atoms with E-state index in [1.807, 2.05) is 68.4 Å². The minimum Gasteiger partial charge on any atom is -0.491 e. The molecule has 3 amide bonds. The van der Waals surface area contributed by atoms with E-state index in [1.54, 1.807) is 4.90 Å². The maximum absolute atomic E-state index is 12.6. The predicted molar refractivity (Wildman–Crippen MR) is 112 cm³/mol. The van der Waals surface area contributed by atoms with Crippen molar-refractivity contribution in [2.75, 3.05) is 19.7 Å². The number of β-amino-alcohol motifs (C(OH)–C–C–N with tert-alkyl or cyclic N) is 1. The van der Waals surface area contributed by atoms with Crippen LogP contribution in [0.2, 0.25) is 0 Å². The first-order valence-electron chi connectivity index (χ1n) is 10.1. The summed E-state index contributed by atoms with van der Waals surface area (Å²) < 4.78 is 5.65. The molecule has 6 nitrogen and oxygen atoms in total. The number of amides is 3. The average molecular weight is 396 g/mol. The summed E-state index contributed by atoms with van der Waals surface area (Å²) in [6, 6.07) is 17.4. The van der Waals surface area contributed by atoms with Gasteiger partial charge < -0.3 is 14.7 Å². The summed E-state index contributed by atoms with van der Waals surface area (Å²) in [5.74, 6) is 0.377. The molecular formula is C23H28N2O4. The monoisotopic (exact) mass is 396 g/mol. The minimum atomic E-state index is -0.950. The summed E-state index contributed by atoms with van der Waals surface area (Å²) >= 11 is 0. The lowest BCUT2D eigenvalue weighted by molar-refractivity contribution is -0.132. The highest BCUT2D eigenvalue weighted by Gasteiger charge is 2.35. The number of aliphatic hydroxyl groups is 1. The van der Waals surface area contributed by atoms with Crippen molar-refractivity contribution in [3.63, 3.8) is 0 Å². The average Bonchev–Trinajstić information content (AvgIpc) is 2.75. The first-order valence-corrected chi connectivity index (χ1v) is 10.1. The lowest BCUT2D eigenvalue weighted by atomic mass is 10.1. The molecule has 2 aromatic carbocycles. The zero-order valence-electron chi connectivity index (χ0n) is 17.0. The van der Waals surface area contributed by atoms with Crippen molar-refractivity contribution in [2.24, 2.45) is 0 Å². The second kappa shape index (κ2) is 9.56. The molecule has 2 atom stereocenters. The highest BCUT2D eigenvalue weighted by atomic mass is 16.5. The fourth-order valence-corrected chi connectivity index (χ4v) is 3.35. The van der Waals surface area contributed by atoms with E-state index in [4.69, 9.17) is 4.74 Å². The van der Waals surface area contributed by atoms with Crippen LogP contribution in [0.1, 0.15) is 26.7 Å². The van der Waals surface area contributed by atoms with E-state index in [0.29, 0.717) is 12.3 Å². The molecule has 1 saturated heterocycles. The Hall–Kier alpha value is -2.86. The number of rotatable bonds is 8. The number of benzene rings is 2. The summed E-state index contributed by atoms with van der Waals surface area (Å²) in [5.41, 5.74) is 2.19. The van der Waals surface area contributed by atoms with Crippen LogP contribution < -0.4 is 4.74 Å². The molecule has 0 radical (unpaired) electrons. The van der Waals surface area contributed by atoms with Gasteiger partial charge in [-0.3, -0.25) is 9.69 Å². The third-order valence-corrected chi connectivity index (χ3v) is 5.26. The summed E-state index contributed by atoms with van der Waals surface area (Å²) in [6.07, 6.45) is 0.150. The Morgan fingerprint density at radius 1 is 1.03 bits per heavy atom. The van der Waals surface area contributed by atoms with E-state index in [0.717, 1.165) is 22.4 Å². The van der Waals surface area contributed by atoms with Crippen LogP contribution in [0.5, 0.6) is 5.75 Å². The molecule has 154 valence electrons. The second-order valence-corrected chi connectivity index (χ2v) is 7.34. The highest BCUT2D eigenvalue weighted by Crippen LogP contribution is 2.22. The van der Waals surface area contributed by atoms with Gasteiger partial charge >= 0.3 is 6.03 Å². The fourth-order valence-electron chi connectivity index (χ4n) is 3.35. The van der Waals surface area contributed by atoms with E-state index in [1.165, 1.54) is 0 Å². The van der Waals surface area contributed by atoms with Crippen LogP contribution in [-0.2, 0) is 4.79 Å². The Kier molecular flexibility index (Phi) is 6.88. The van der Waals surface area contributed by atoms with Gasteiger partial charge in [0, 0.05) is 19.0 Å². The molecule has 0 bridgehead atoms. The van der Waals surface area contributed by atoms with Crippen LogP contribution in [0.4, 0.5) is 4.79 Å². The van der Waals surface area contributed by atoms with Gasteiger partial charge in [0.1, 0.15) is 18.5 Å². The van der Waals surface area contributed by atoms with Gasteiger partial charge in [0.15, 0.2) is 0 Å². The van der Waals surface area contributed by atoms with Gasteiger partial charge in [0.25, 0.3) is 0 Å². The van der Waals surface area contributed by atoms with Crippen LogP contribution in [0.3, 0.4) is 0 Å². The summed E-state index contributed by atoms with van der Waals surface area (Å²) in [5, 5.41) is 10.3. The van der Waals surface area contributed by atoms with Gasteiger partial charge in [0.2, 0.25) is 5.91 Å². The maximum atomic E-state index is 12.6. The number of hydrogen-bond donors (Lipinski definition) is 1. The third kappa shape index (κ3) is 5.15. The van der Waals surface area contributed by atoms with Crippen molar-refractivity contribution >= 4 is 11.9 Å². The number of imide groups is 1. The quantitative estimate of drug-likeness (QED) is 0.741. The Morgan fingerprint density at radius 2 is 1.69 bits per heavy atom. The van der Waals surface area contributed by atoms with Gasteiger partial charge in [0.05, 0.1) is 6.54 Å². The van der Waals surface area contributed by atoms with Crippen molar-refractivity contribution in [3.05, 3.63) is 54.6 Å². The van der Waals surface area contributed by atoms with Crippen LogP contribution in [0.15, 0.2) is 54.6 Å². The molecule has 1 fully saturated rings. The molecule has 0 aliphatic carbocycles. The summed E-state index contributed by atoms with van der Waals surface area (Å²) in [7, 11) is 0. The van der Waals surface area contributed by atoms with Gasteiger partial charge in [-0.25, -0.2) is 4.79 Å². The molecule has 0 spiro atoms. The Balaban J connectivity index is 1.54. The second-order valence-electron chi connectivity index (χ2n) is 7.34. The first kappa shape index (κ1) is 20.9. The lowest BCUT2D eigenvalue weighted by Crippen LogP contribution is -2.56. The zero-order chi connectivity index (χ0) is 20.8. The van der Waals surface area contributed by atoms with Crippen molar-refractivity contribution < 1.29 is 19.4 Å². The topological polar surface area (TPSA) is 70.1 Å². The molecule has 1 heterocycles. The highest BCUT2D eigenvalue weighted by molar-refractivity contribution is 5.97. The molecule has 3 rings (SSSR count). The van der Waals surface area contributed by atoms with E-state index in [-0.39, 0.29) is 37.6 Å². The number of nitrogens with zero attached hydrogens (tertiary/aromatic N) is 2.